The van der Waals surface area contributed by atoms with Crippen molar-refractivity contribution in [3.8, 4) is 11.8 Å². The molecule has 168 valence electrons. The molecule has 0 amide bonds. The molecule has 1 aliphatic heterocycles. The summed E-state index contributed by atoms with van der Waals surface area (Å²) >= 11 is 0. The maximum Gasteiger partial charge on any atom is 0.322 e. The molecule has 1 saturated heterocycles. The monoisotopic (exact) mass is 437 g/mol. The molecule has 2 fully saturated rings. The molecule has 9 heteroatoms. The second kappa shape index (κ2) is 8.37. The van der Waals surface area contributed by atoms with Gasteiger partial charge in [0.1, 0.15) is 23.7 Å². The van der Waals surface area contributed by atoms with Crippen molar-refractivity contribution in [3.63, 3.8) is 0 Å². The highest BCUT2D eigenvalue weighted by Gasteiger charge is 2.43. The Hall–Kier alpha value is -3.23. The average Bonchev–Trinajstić information content (AvgIpc) is 3.24. The number of benzene rings is 1. The van der Waals surface area contributed by atoms with Crippen molar-refractivity contribution in [1.29, 1.82) is 0 Å². The van der Waals surface area contributed by atoms with Gasteiger partial charge >= 0.3 is 6.01 Å². The fourth-order valence-corrected chi connectivity index (χ4v) is 4.82. The standard InChI is InChI=1S/C23H28FN7O/c1-14(2)31-23(32-19-6-4-5-18(24)10-19)28-22(29-31)27-21-16-7-8-17(21)12-30(11-16)20-9-15(3)25-13-26-20/h4-6,9-10,13-14,16-17,21H,7-8,11-12H2,1-3H3,(H,27,29)/t16-,17+,21?. The average molecular weight is 438 g/mol. The van der Waals surface area contributed by atoms with E-state index in [9.17, 15) is 4.39 Å². The predicted octanol–water partition coefficient (Wildman–Crippen LogP) is 4.22. The number of nitrogens with zero attached hydrogens (tertiary/aromatic N) is 6. The minimum absolute atomic E-state index is 0.0567. The Morgan fingerprint density at radius 1 is 1.12 bits per heavy atom. The number of fused-ring (bicyclic) bond motifs is 2. The molecule has 0 spiro atoms. The Balaban J connectivity index is 1.32. The van der Waals surface area contributed by atoms with Gasteiger partial charge in [-0.1, -0.05) is 6.07 Å². The summed E-state index contributed by atoms with van der Waals surface area (Å²) in [5.41, 5.74) is 0.983. The highest BCUT2D eigenvalue weighted by molar-refractivity contribution is 5.42. The first-order valence-corrected chi connectivity index (χ1v) is 11.2. The van der Waals surface area contributed by atoms with E-state index in [0.717, 1.165) is 24.6 Å². The number of anilines is 2. The van der Waals surface area contributed by atoms with Crippen LogP contribution in [0.4, 0.5) is 16.2 Å². The number of rotatable bonds is 6. The number of halogens is 1. The lowest BCUT2D eigenvalue weighted by Crippen LogP contribution is -2.48. The number of hydrogen-bond acceptors (Lipinski definition) is 7. The van der Waals surface area contributed by atoms with Crippen LogP contribution in [0.2, 0.25) is 0 Å². The van der Waals surface area contributed by atoms with Crippen molar-refractivity contribution in [1.82, 2.24) is 24.7 Å². The van der Waals surface area contributed by atoms with Gasteiger partial charge in [0.05, 0.1) is 6.04 Å². The highest BCUT2D eigenvalue weighted by atomic mass is 19.1. The fourth-order valence-electron chi connectivity index (χ4n) is 4.82. The van der Waals surface area contributed by atoms with Crippen LogP contribution in [-0.4, -0.2) is 43.9 Å². The van der Waals surface area contributed by atoms with Crippen LogP contribution in [0.15, 0.2) is 36.7 Å². The molecule has 3 aromatic rings. The molecule has 3 atom stereocenters. The van der Waals surface area contributed by atoms with Crippen LogP contribution < -0.4 is 15.0 Å². The Morgan fingerprint density at radius 2 is 1.91 bits per heavy atom. The fraction of sp³-hybridized carbons (Fsp3) is 0.478. The van der Waals surface area contributed by atoms with Gasteiger partial charge in [-0.25, -0.2) is 19.0 Å². The third kappa shape index (κ3) is 4.11. The number of aryl methyl sites for hydroxylation is 1. The summed E-state index contributed by atoms with van der Waals surface area (Å²) in [4.78, 5) is 15.7. The lowest BCUT2D eigenvalue weighted by molar-refractivity contribution is 0.373. The molecule has 5 rings (SSSR count). The van der Waals surface area contributed by atoms with E-state index in [1.54, 1.807) is 23.1 Å². The van der Waals surface area contributed by atoms with Gasteiger partial charge in [0, 0.05) is 37.0 Å². The Morgan fingerprint density at radius 3 is 2.59 bits per heavy atom. The van der Waals surface area contributed by atoms with Gasteiger partial charge in [0.15, 0.2) is 0 Å². The van der Waals surface area contributed by atoms with Crippen LogP contribution in [0.3, 0.4) is 0 Å². The second-order valence-electron chi connectivity index (χ2n) is 9.01. The summed E-state index contributed by atoms with van der Waals surface area (Å²) in [6.07, 6.45) is 3.97. The van der Waals surface area contributed by atoms with Crippen LogP contribution in [0, 0.1) is 24.6 Å². The minimum atomic E-state index is -0.348. The van der Waals surface area contributed by atoms with E-state index in [2.05, 4.69) is 36.3 Å². The maximum atomic E-state index is 13.6. The van der Waals surface area contributed by atoms with Crippen LogP contribution in [0.25, 0.3) is 0 Å². The molecule has 1 N–H and O–H groups in total. The molecular formula is C23H28FN7O. The van der Waals surface area contributed by atoms with E-state index in [1.165, 1.54) is 25.0 Å². The van der Waals surface area contributed by atoms with Gasteiger partial charge in [0.2, 0.25) is 5.95 Å². The summed E-state index contributed by atoms with van der Waals surface area (Å²) in [7, 11) is 0. The van der Waals surface area contributed by atoms with Gasteiger partial charge < -0.3 is 15.0 Å². The lowest BCUT2D eigenvalue weighted by atomic mass is 9.92. The Bertz CT molecular complexity index is 1090. The summed E-state index contributed by atoms with van der Waals surface area (Å²) in [6, 6.07) is 8.82. The summed E-state index contributed by atoms with van der Waals surface area (Å²) in [5, 5.41) is 8.23. The molecule has 1 unspecified atom stereocenters. The SMILES string of the molecule is Cc1cc(N2C[C@H]3CC[C@@H](C2)C3Nc2nc(Oc3cccc(F)c3)n(C(C)C)n2)ncn1. The molecule has 2 aromatic heterocycles. The Labute approximate surface area is 186 Å². The van der Waals surface area contributed by atoms with E-state index in [0.29, 0.717) is 35.6 Å². The van der Waals surface area contributed by atoms with Crippen molar-refractivity contribution in [3.05, 3.63) is 48.2 Å². The third-order valence-electron chi connectivity index (χ3n) is 6.34. The molecule has 1 saturated carbocycles. The van der Waals surface area contributed by atoms with E-state index < -0.39 is 0 Å². The van der Waals surface area contributed by atoms with Gasteiger partial charge in [-0.2, -0.15) is 4.98 Å². The van der Waals surface area contributed by atoms with Crippen molar-refractivity contribution in [2.24, 2.45) is 11.8 Å². The third-order valence-corrected chi connectivity index (χ3v) is 6.34. The van der Waals surface area contributed by atoms with Crippen molar-refractivity contribution in [2.45, 2.75) is 45.7 Å². The van der Waals surface area contributed by atoms with E-state index in [4.69, 9.17) is 4.74 Å². The van der Waals surface area contributed by atoms with Crippen molar-refractivity contribution >= 4 is 11.8 Å². The molecule has 1 aromatic carbocycles. The summed E-state index contributed by atoms with van der Waals surface area (Å²) < 4.78 is 21.2. The maximum absolute atomic E-state index is 13.6. The molecule has 1 aliphatic carbocycles. The number of piperidine rings is 1. The van der Waals surface area contributed by atoms with Crippen LogP contribution in [0.1, 0.15) is 38.4 Å². The zero-order valence-corrected chi connectivity index (χ0v) is 18.6. The van der Waals surface area contributed by atoms with Gasteiger partial charge in [-0.3, -0.25) is 0 Å². The van der Waals surface area contributed by atoms with Crippen molar-refractivity contribution in [2.75, 3.05) is 23.3 Å². The van der Waals surface area contributed by atoms with E-state index in [1.807, 2.05) is 20.8 Å². The highest BCUT2D eigenvalue weighted by Crippen LogP contribution is 2.40. The van der Waals surface area contributed by atoms with Gasteiger partial charge in [-0.05, 0) is 57.6 Å². The zero-order chi connectivity index (χ0) is 22.2. The van der Waals surface area contributed by atoms with E-state index in [-0.39, 0.29) is 11.9 Å². The quantitative estimate of drug-likeness (QED) is 0.618. The number of ether oxygens (including phenoxy) is 1. The van der Waals surface area contributed by atoms with Gasteiger partial charge in [-0.15, -0.1) is 5.10 Å². The van der Waals surface area contributed by atoms with Crippen LogP contribution >= 0.6 is 0 Å². The molecule has 2 bridgehead atoms. The molecule has 0 radical (unpaired) electrons. The zero-order valence-electron chi connectivity index (χ0n) is 18.6. The largest absolute Gasteiger partial charge is 0.424 e. The minimum Gasteiger partial charge on any atom is -0.424 e. The first kappa shape index (κ1) is 20.7. The second-order valence-corrected chi connectivity index (χ2v) is 9.01. The predicted molar refractivity (Wildman–Crippen MR) is 119 cm³/mol. The van der Waals surface area contributed by atoms with E-state index >= 15 is 0 Å². The smallest absolute Gasteiger partial charge is 0.322 e. The summed E-state index contributed by atoms with van der Waals surface area (Å²) in [6.45, 7) is 7.92. The number of hydrogen-bond donors (Lipinski definition) is 1. The topological polar surface area (TPSA) is 81.0 Å². The molecule has 3 heterocycles. The van der Waals surface area contributed by atoms with Crippen LogP contribution in [-0.2, 0) is 0 Å². The Kier molecular flexibility index (Phi) is 5.40. The van der Waals surface area contributed by atoms with Gasteiger partial charge in [0.25, 0.3) is 0 Å². The molecule has 8 nitrogen and oxygen atoms in total. The number of aromatic nitrogens is 5. The lowest BCUT2D eigenvalue weighted by Gasteiger charge is -2.38. The molecular weight excluding hydrogens is 409 g/mol. The van der Waals surface area contributed by atoms with Crippen LogP contribution in [0.5, 0.6) is 11.8 Å². The normalized spacial score (nSPS) is 22.4. The van der Waals surface area contributed by atoms with Crippen molar-refractivity contribution < 1.29 is 9.13 Å². The first-order valence-electron chi connectivity index (χ1n) is 11.2. The molecule has 2 aliphatic rings. The molecule has 32 heavy (non-hydrogen) atoms. The number of nitrogens with one attached hydrogen (secondary N) is 1. The first-order chi connectivity index (χ1) is 15.5. The summed E-state index contributed by atoms with van der Waals surface area (Å²) in [5.74, 6) is 2.59.